The zero-order valence-electron chi connectivity index (χ0n) is 9.05. The first kappa shape index (κ1) is 11.0. The average molecular weight is 279 g/mol. The van der Waals surface area contributed by atoms with Gasteiger partial charge in [-0.05, 0) is 31.5 Å². The molecule has 4 nitrogen and oxygen atoms in total. The van der Waals surface area contributed by atoms with E-state index >= 15 is 0 Å². The van der Waals surface area contributed by atoms with Gasteiger partial charge in [0.05, 0.1) is 6.21 Å². The molecule has 0 aliphatic rings. The van der Waals surface area contributed by atoms with Gasteiger partial charge in [-0.25, -0.2) is 4.68 Å². The number of rotatable bonds is 2. The van der Waals surface area contributed by atoms with Crippen molar-refractivity contribution in [3.8, 4) is 0 Å². The van der Waals surface area contributed by atoms with Gasteiger partial charge < -0.3 is 0 Å². The van der Waals surface area contributed by atoms with Crippen molar-refractivity contribution in [1.29, 1.82) is 0 Å². The number of nitrogens with zero attached hydrogens (tertiary/aromatic N) is 4. The zero-order valence-corrected chi connectivity index (χ0v) is 10.6. The SMILES string of the molecule is Cc1nnc(C)n1N=Cc1cccc(Br)c1. The lowest BCUT2D eigenvalue weighted by molar-refractivity contribution is 0.799. The minimum atomic E-state index is 0.781. The van der Waals surface area contributed by atoms with Crippen LogP contribution < -0.4 is 0 Å². The largest absolute Gasteiger partial charge is 0.202 e. The van der Waals surface area contributed by atoms with E-state index in [2.05, 4.69) is 31.2 Å². The molecular formula is C11H11BrN4. The summed E-state index contributed by atoms with van der Waals surface area (Å²) in [7, 11) is 0. The maximum Gasteiger partial charge on any atom is 0.151 e. The van der Waals surface area contributed by atoms with Crippen molar-refractivity contribution in [2.75, 3.05) is 0 Å². The van der Waals surface area contributed by atoms with Crippen molar-refractivity contribution in [2.45, 2.75) is 13.8 Å². The first-order valence-corrected chi connectivity index (χ1v) is 5.64. The molecule has 16 heavy (non-hydrogen) atoms. The van der Waals surface area contributed by atoms with Crippen LogP contribution in [0.1, 0.15) is 17.2 Å². The summed E-state index contributed by atoms with van der Waals surface area (Å²) >= 11 is 3.42. The van der Waals surface area contributed by atoms with Crippen molar-refractivity contribution < 1.29 is 0 Å². The lowest BCUT2D eigenvalue weighted by atomic mass is 10.2. The minimum absolute atomic E-state index is 0.781. The highest BCUT2D eigenvalue weighted by Crippen LogP contribution is 2.10. The average Bonchev–Trinajstić information content (AvgIpc) is 2.56. The Morgan fingerprint density at radius 2 is 1.94 bits per heavy atom. The number of aryl methyl sites for hydroxylation is 2. The number of benzene rings is 1. The molecule has 1 aromatic heterocycles. The molecule has 0 N–H and O–H groups in total. The highest BCUT2D eigenvalue weighted by Gasteiger charge is 2.00. The Bertz CT molecular complexity index is 511. The normalized spacial score (nSPS) is 11.2. The quantitative estimate of drug-likeness (QED) is 0.793. The Labute approximate surface area is 102 Å². The fourth-order valence-electron chi connectivity index (χ4n) is 1.34. The summed E-state index contributed by atoms with van der Waals surface area (Å²) in [5.41, 5.74) is 1.03. The lowest BCUT2D eigenvalue weighted by Gasteiger charge is -1.97. The summed E-state index contributed by atoms with van der Waals surface area (Å²) in [6, 6.07) is 7.94. The molecular weight excluding hydrogens is 268 g/mol. The number of hydrogen-bond acceptors (Lipinski definition) is 3. The molecule has 0 aliphatic heterocycles. The van der Waals surface area contributed by atoms with Crippen molar-refractivity contribution in [1.82, 2.24) is 14.9 Å². The molecule has 82 valence electrons. The molecule has 1 heterocycles. The van der Waals surface area contributed by atoms with E-state index in [-0.39, 0.29) is 0 Å². The third kappa shape index (κ3) is 2.36. The van der Waals surface area contributed by atoms with E-state index in [0.29, 0.717) is 0 Å². The molecule has 2 aromatic rings. The van der Waals surface area contributed by atoms with Gasteiger partial charge in [0.25, 0.3) is 0 Å². The molecule has 0 aliphatic carbocycles. The first-order chi connectivity index (χ1) is 7.66. The summed E-state index contributed by atoms with van der Waals surface area (Å²) in [5.74, 6) is 1.56. The second-order valence-corrected chi connectivity index (χ2v) is 4.32. The van der Waals surface area contributed by atoms with E-state index in [0.717, 1.165) is 21.7 Å². The molecule has 0 fully saturated rings. The van der Waals surface area contributed by atoms with Gasteiger partial charge >= 0.3 is 0 Å². The van der Waals surface area contributed by atoms with Crippen molar-refractivity contribution >= 4 is 22.1 Å². The predicted octanol–water partition coefficient (Wildman–Crippen LogP) is 2.54. The van der Waals surface area contributed by atoms with E-state index in [1.54, 1.807) is 10.9 Å². The van der Waals surface area contributed by atoms with Gasteiger partial charge in [-0.1, -0.05) is 28.1 Å². The van der Waals surface area contributed by atoms with Crippen molar-refractivity contribution in [2.24, 2.45) is 5.10 Å². The smallest absolute Gasteiger partial charge is 0.151 e. The van der Waals surface area contributed by atoms with Crippen LogP contribution >= 0.6 is 15.9 Å². The summed E-state index contributed by atoms with van der Waals surface area (Å²) in [4.78, 5) is 0. The molecule has 0 amide bonds. The lowest BCUT2D eigenvalue weighted by Crippen LogP contribution is -1.96. The van der Waals surface area contributed by atoms with Crippen molar-refractivity contribution in [3.63, 3.8) is 0 Å². The number of hydrogen-bond donors (Lipinski definition) is 0. The Balaban J connectivity index is 2.28. The molecule has 0 bridgehead atoms. The molecule has 0 atom stereocenters. The Hall–Kier alpha value is -1.49. The van der Waals surface area contributed by atoms with Crippen LogP contribution in [0.25, 0.3) is 0 Å². The fraction of sp³-hybridized carbons (Fsp3) is 0.182. The number of aromatic nitrogens is 3. The minimum Gasteiger partial charge on any atom is -0.202 e. The molecule has 0 spiro atoms. The maximum atomic E-state index is 4.32. The van der Waals surface area contributed by atoms with E-state index < -0.39 is 0 Å². The second-order valence-electron chi connectivity index (χ2n) is 3.41. The third-order valence-electron chi connectivity index (χ3n) is 2.12. The number of halogens is 1. The van der Waals surface area contributed by atoms with Crippen molar-refractivity contribution in [3.05, 3.63) is 46.0 Å². The molecule has 1 aromatic carbocycles. The van der Waals surface area contributed by atoms with Crippen LogP contribution in [0.2, 0.25) is 0 Å². The molecule has 0 saturated heterocycles. The van der Waals surface area contributed by atoms with Crippen LogP contribution in [0.4, 0.5) is 0 Å². The first-order valence-electron chi connectivity index (χ1n) is 4.85. The highest BCUT2D eigenvalue weighted by molar-refractivity contribution is 9.10. The third-order valence-corrected chi connectivity index (χ3v) is 2.62. The van der Waals surface area contributed by atoms with Crippen LogP contribution in [0.15, 0.2) is 33.8 Å². The Kier molecular flexibility index (Phi) is 3.14. The van der Waals surface area contributed by atoms with Gasteiger partial charge in [-0.15, -0.1) is 10.2 Å². The summed E-state index contributed by atoms with van der Waals surface area (Å²) in [6.07, 6.45) is 1.79. The predicted molar refractivity (Wildman–Crippen MR) is 66.6 cm³/mol. The van der Waals surface area contributed by atoms with Gasteiger partial charge in [-0.3, -0.25) is 0 Å². The van der Waals surface area contributed by atoms with E-state index in [1.807, 2.05) is 38.1 Å². The summed E-state index contributed by atoms with van der Waals surface area (Å²) in [6.45, 7) is 3.75. The standard InChI is InChI=1S/C11H11BrN4/c1-8-14-15-9(2)16(8)13-7-10-4-3-5-11(12)6-10/h3-7H,1-2H3. The molecule has 0 saturated carbocycles. The van der Waals surface area contributed by atoms with Crippen LogP contribution in [-0.4, -0.2) is 21.1 Å². The Morgan fingerprint density at radius 3 is 2.56 bits per heavy atom. The van der Waals surface area contributed by atoms with Crippen LogP contribution in [0.3, 0.4) is 0 Å². The molecule has 5 heteroatoms. The second kappa shape index (κ2) is 4.57. The highest BCUT2D eigenvalue weighted by atomic mass is 79.9. The van der Waals surface area contributed by atoms with Crippen LogP contribution in [-0.2, 0) is 0 Å². The van der Waals surface area contributed by atoms with Crippen LogP contribution in [0, 0.1) is 13.8 Å². The Morgan fingerprint density at radius 1 is 1.25 bits per heavy atom. The molecule has 0 unspecified atom stereocenters. The van der Waals surface area contributed by atoms with E-state index in [9.17, 15) is 0 Å². The van der Waals surface area contributed by atoms with Gasteiger partial charge in [-0.2, -0.15) is 5.10 Å². The summed E-state index contributed by atoms with van der Waals surface area (Å²) in [5, 5.41) is 12.2. The molecule has 2 rings (SSSR count). The van der Waals surface area contributed by atoms with Gasteiger partial charge in [0.1, 0.15) is 0 Å². The van der Waals surface area contributed by atoms with Gasteiger partial charge in [0, 0.05) is 4.47 Å². The topological polar surface area (TPSA) is 43.1 Å². The van der Waals surface area contributed by atoms with E-state index in [1.165, 1.54) is 0 Å². The fourth-order valence-corrected chi connectivity index (χ4v) is 1.76. The summed E-state index contributed by atoms with van der Waals surface area (Å²) < 4.78 is 2.75. The van der Waals surface area contributed by atoms with Gasteiger partial charge in [0.15, 0.2) is 11.6 Å². The zero-order chi connectivity index (χ0) is 11.5. The molecule has 0 radical (unpaired) electrons. The van der Waals surface area contributed by atoms with Crippen LogP contribution in [0.5, 0.6) is 0 Å². The monoisotopic (exact) mass is 278 g/mol. The van der Waals surface area contributed by atoms with E-state index in [4.69, 9.17) is 0 Å². The maximum absolute atomic E-state index is 4.32. The van der Waals surface area contributed by atoms with Gasteiger partial charge in [0.2, 0.25) is 0 Å².